The van der Waals surface area contributed by atoms with E-state index in [0.717, 1.165) is 18.7 Å². The minimum Gasteiger partial charge on any atom is -0.490 e. The third-order valence-electron chi connectivity index (χ3n) is 5.84. The number of benzene rings is 1. The van der Waals surface area contributed by atoms with E-state index in [9.17, 15) is 9.59 Å². The number of nitrogens with zero attached hydrogens (tertiary/aromatic N) is 3. The zero-order valence-electron chi connectivity index (χ0n) is 19.3. The summed E-state index contributed by atoms with van der Waals surface area (Å²) in [6.07, 6.45) is 4.85. The van der Waals surface area contributed by atoms with Gasteiger partial charge in [0.15, 0.2) is 11.5 Å². The first-order chi connectivity index (χ1) is 15.6. The van der Waals surface area contributed by atoms with Gasteiger partial charge in [0.1, 0.15) is 6.61 Å². The van der Waals surface area contributed by atoms with Crippen LogP contribution in [0.2, 0.25) is 0 Å². The number of hydrogen-bond acceptors (Lipinski definition) is 5. The number of amides is 2. The van der Waals surface area contributed by atoms with E-state index in [2.05, 4.69) is 4.98 Å². The SMILES string of the molecule is CCOc1cc(C(=O)N2CCC(C(=O)N(CC)CC)CC2)ccc1OCc1ccncc1. The Hall–Kier alpha value is -3.09. The van der Waals surface area contributed by atoms with Crippen LogP contribution in [0.15, 0.2) is 42.7 Å². The van der Waals surface area contributed by atoms with Crippen LogP contribution >= 0.6 is 0 Å². The molecule has 1 aliphatic heterocycles. The van der Waals surface area contributed by atoms with E-state index in [0.29, 0.717) is 56.2 Å². The molecule has 1 aliphatic rings. The van der Waals surface area contributed by atoms with E-state index in [1.165, 1.54) is 0 Å². The summed E-state index contributed by atoms with van der Waals surface area (Å²) in [5, 5.41) is 0. The van der Waals surface area contributed by atoms with Crippen LogP contribution in [0, 0.1) is 5.92 Å². The average Bonchev–Trinajstić information content (AvgIpc) is 2.84. The molecule has 0 atom stereocenters. The number of hydrogen-bond donors (Lipinski definition) is 0. The maximum absolute atomic E-state index is 13.1. The van der Waals surface area contributed by atoms with Crippen LogP contribution in [0.25, 0.3) is 0 Å². The van der Waals surface area contributed by atoms with Crippen molar-refractivity contribution in [3.8, 4) is 11.5 Å². The molecule has 7 heteroatoms. The lowest BCUT2D eigenvalue weighted by Gasteiger charge is -2.33. The summed E-state index contributed by atoms with van der Waals surface area (Å²) in [5.41, 5.74) is 1.57. The summed E-state index contributed by atoms with van der Waals surface area (Å²) in [7, 11) is 0. The lowest BCUT2D eigenvalue weighted by Crippen LogP contribution is -2.44. The van der Waals surface area contributed by atoms with Crippen LogP contribution in [0.1, 0.15) is 49.5 Å². The fourth-order valence-electron chi connectivity index (χ4n) is 3.97. The molecule has 1 aromatic carbocycles. The summed E-state index contributed by atoms with van der Waals surface area (Å²) in [6.45, 7) is 9.39. The summed E-state index contributed by atoms with van der Waals surface area (Å²) >= 11 is 0. The topological polar surface area (TPSA) is 72.0 Å². The molecule has 2 heterocycles. The van der Waals surface area contributed by atoms with Crippen molar-refractivity contribution in [3.63, 3.8) is 0 Å². The van der Waals surface area contributed by atoms with Gasteiger partial charge in [-0.15, -0.1) is 0 Å². The first-order valence-electron chi connectivity index (χ1n) is 11.4. The monoisotopic (exact) mass is 439 g/mol. The molecule has 32 heavy (non-hydrogen) atoms. The molecule has 0 N–H and O–H groups in total. The standard InChI is InChI=1S/C25H33N3O4/c1-4-27(5-2)24(29)20-11-15-28(16-12-20)25(30)21-7-8-22(23(17-21)31-6-3)32-18-19-9-13-26-14-10-19/h7-10,13-14,17,20H,4-6,11-12,15-16,18H2,1-3H3. The van der Waals surface area contributed by atoms with E-state index in [1.54, 1.807) is 30.6 Å². The first kappa shape index (κ1) is 23.6. The van der Waals surface area contributed by atoms with Gasteiger partial charge < -0.3 is 19.3 Å². The van der Waals surface area contributed by atoms with Gasteiger partial charge in [-0.25, -0.2) is 0 Å². The number of carbonyl (C=O) groups is 2. The van der Waals surface area contributed by atoms with Crippen LogP contribution in [0.3, 0.4) is 0 Å². The van der Waals surface area contributed by atoms with Crippen molar-refractivity contribution in [2.24, 2.45) is 5.92 Å². The van der Waals surface area contributed by atoms with Crippen LogP contribution < -0.4 is 9.47 Å². The Morgan fingerprint density at radius 2 is 1.69 bits per heavy atom. The highest BCUT2D eigenvalue weighted by molar-refractivity contribution is 5.95. The molecule has 0 radical (unpaired) electrons. The minimum atomic E-state index is -0.0413. The number of pyridine rings is 1. The second kappa shape index (κ2) is 11.5. The van der Waals surface area contributed by atoms with Gasteiger partial charge in [-0.2, -0.15) is 0 Å². The highest BCUT2D eigenvalue weighted by atomic mass is 16.5. The van der Waals surface area contributed by atoms with Crippen LogP contribution in [-0.2, 0) is 11.4 Å². The molecule has 0 unspecified atom stereocenters. The molecular formula is C25H33N3O4. The Kier molecular flexibility index (Phi) is 8.48. The molecular weight excluding hydrogens is 406 g/mol. The zero-order chi connectivity index (χ0) is 22.9. The van der Waals surface area contributed by atoms with E-state index >= 15 is 0 Å². The number of piperidine rings is 1. The van der Waals surface area contributed by atoms with Crippen molar-refractivity contribution >= 4 is 11.8 Å². The number of aromatic nitrogens is 1. The van der Waals surface area contributed by atoms with E-state index in [-0.39, 0.29) is 17.7 Å². The number of carbonyl (C=O) groups excluding carboxylic acids is 2. The van der Waals surface area contributed by atoms with Crippen molar-refractivity contribution < 1.29 is 19.1 Å². The predicted molar refractivity (Wildman–Crippen MR) is 123 cm³/mol. The Labute approximate surface area is 190 Å². The molecule has 7 nitrogen and oxygen atoms in total. The third kappa shape index (κ3) is 5.78. The van der Waals surface area contributed by atoms with E-state index < -0.39 is 0 Å². The van der Waals surface area contributed by atoms with Gasteiger partial charge in [0.25, 0.3) is 5.91 Å². The van der Waals surface area contributed by atoms with Gasteiger partial charge in [0.05, 0.1) is 6.61 Å². The normalized spacial score (nSPS) is 14.2. The molecule has 0 saturated carbocycles. The molecule has 2 aromatic rings. The Morgan fingerprint density at radius 1 is 1.00 bits per heavy atom. The highest BCUT2D eigenvalue weighted by Gasteiger charge is 2.30. The summed E-state index contributed by atoms with van der Waals surface area (Å²) in [5.74, 6) is 1.32. The molecule has 1 fully saturated rings. The number of likely N-dealkylation sites (tertiary alicyclic amines) is 1. The first-order valence-corrected chi connectivity index (χ1v) is 11.4. The van der Waals surface area contributed by atoms with Crippen molar-refractivity contribution in [2.75, 3.05) is 32.8 Å². The number of rotatable bonds is 9. The summed E-state index contributed by atoms with van der Waals surface area (Å²) in [6, 6.07) is 9.11. The average molecular weight is 440 g/mol. The lowest BCUT2D eigenvalue weighted by molar-refractivity contribution is -0.136. The van der Waals surface area contributed by atoms with Crippen molar-refractivity contribution in [1.29, 1.82) is 0 Å². The van der Waals surface area contributed by atoms with E-state index in [4.69, 9.17) is 9.47 Å². The largest absolute Gasteiger partial charge is 0.490 e. The van der Waals surface area contributed by atoms with Gasteiger partial charge in [-0.3, -0.25) is 14.6 Å². The smallest absolute Gasteiger partial charge is 0.253 e. The van der Waals surface area contributed by atoms with Crippen LogP contribution in [0.4, 0.5) is 0 Å². The van der Waals surface area contributed by atoms with E-state index in [1.807, 2.05) is 42.7 Å². The van der Waals surface area contributed by atoms with Gasteiger partial charge in [0, 0.05) is 50.1 Å². The molecule has 1 saturated heterocycles. The second-order valence-electron chi connectivity index (χ2n) is 7.82. The quantitative estimate of drug-likeness (QED) is 0.595. The zero-order valence-corrected chi connectivity index (χ0v) is 19.3. The molecule has 0 bridgehead atoms. The van der Waals surface area contributed by atoms with Gasteiger partial charge in [-0.05, 0) is 69.5 Å². The Bertz CT molecular complexity index is 891. The molecule has 2 amide bonds. The molecule has 172 valence electrons. The second-order valence-corrected chi connectivity index (χ2v) is 7.82. The molecule has 0 aliphatic carbocycles. The molecule has 0 spiro atoms. The van der Waals surface area contributed by atoms with Crippen LogP contribution in [0.5, 0.6) is 11.5 Å². The Balaban J connectivity index is 1.64. The molecule has 1 aromatic heterocycles. The van der Waals surface area contributed by atoms with Gasteiger partial charge >= 0.3 is 0 Å². The van der Waals surface area contributed by atoms with Crippen molar-refractivity contribution in [2.45, 2.75) is 40.2 Å². The van der Waals surface area contributed by atoms with Crippen LogP contribution in [-0.4, -0.2) is 59.4 Å². The molecule has 3 rings (SSSR count). The summed E-state index contributed by atoms with van der Waals surface area (Å²) < 4.78 is 11.7. The minimum absolute atomic E-state index is 0.00176. The van der Waals surface area contributed by atoms with Gasteiger partial charge in [-0.1, -0.05) is 0 Å². The predicted octanol–water partition coefficient (Wildman–Crippen LogP) is 3.78. The fourth-order valence-corrected chi connectivity index (χ4v) is 3.97. The summed E-state index contributed by atoms with van der Waals surface area (Å²) in [4.78, 5) is 33.4. The maximum Gasteiger partial charge on any atom is 0.253 e. The fraction of sp³-hybridized carbons (Fsp3) is 0.480. The van der Waals surface area contributed by atoms with Gasteiger partial charge in [0.2, 0.25) is 5.91 Å². The van der Waals surface area contributed by atoms with Crippen molar-refractivity contribution in [1.82, 2.24) is 14.8 Å². The highest BCUT2D eigenvalue weighted by Crippen LogP contribution is 2.30. The van der Waals surface area contributed by atoms with Crippen molar-refractivity contribution in [3.05, 3.63) is 53.9 Å². The Morgan fingerprint density at radius 3 is 2.31 bits per heavy atom. The third-order valence-corrected chi connectivity index (χ3v) is 5.84. The maximum atomic E-state index is 13.1. The number of ether oxygens (including phenoxy) is 2. The lowest BCUT2D eigenvalue weighted by atomic mass is 9.94.